The molecule has 1 aliphatic rings. The Kier molecular flexibility index (Phi) is 3.47. The first kappa shape index (κ1) is 15.3. The van der Waals surface area contributed by atoms with Gasteiger partial charge >= 0.3 is 0 Å². The van der Waals surface area contributed by atoms with Crippen molar-refractivity contribution in [2.75, 3.05) is 6.61 Å². The van der Waals surface area contributed by atoms with Crippen LogP contribution < -0.4 is 0 Å². The van der Waals surface area contributed by atoms with Gasteiger partial charge in [0.15, 0.2) is 17.5 Å². The van der Waals surface area contributed by atoms with Crippen LogP contribution >= 0.6 is 0 Å². The molecule has 0 unspecified atom stereocenters. The van der Waals surface area contributed by atoms with Gasteiger partial charge in [-0.2, -0.15) is 0 Å². The molecule has 6 heteroatoms. The van der Waals surface area contributed by atoms with E-state index >= 15 is 0 Å². The molecule has 1 aliphatic heterocycles. The largest absolute Gasteiger partial charge is 0.376 e. The van der Waals surface area contributed by atoms with E-state index in [2.05, 4.69) is 4.98 Å². The van der Waals surface area contributed by atoms with Gasteiger partial charge in [0.2, 0.25) is 0 Å². The van der Waals surface area contributed by atoms with Crippen LogP contribution in [0.3, 0.4) is 0 Å². The summed E-state index contributed by atoms with van der Waals surface area (Å²) in [5.41, 5.74) is -0.964. The lowest BCUT2D eigenvalue weighted by Gasteiger charge is -2.29. The third-order valence-electron chi connectivity index (χ3n) is 4.08. The minimum Gasteiger partial charge on any atom is -0.376 e. The molecule has 0 aliphatic carbocycles. The average Bonchev–Trinajstić information content (AvgIpc) is 2.77. The first-order valence-corrected chi connectivity index (χ1v) is 7.37. The molecule has 1 atom stereocenters. The fourth-order valence-corrected chi connectivity index (χ4v) is 2.75. The van der Waals surface area contributed by atoms with Gasteiger partial charge in [-0.25, -0.2) is 18.2 Å². The Morgan fingerprint density at radius 1 is 1.18 bits per heavy atom. The summed E-state index contributed by atoms with van der Waals surface area (Å²) in [5.74, 6) is -2.49. The second-order valence-corrected chi connectivity index (χ2v) is 6.84. The van der Waals surface area contributed by atoms with E-state index < -0.39 is 22.9 Å². The minimum atomic E-state index is -1.17. The molecule has 1 aromatic carbocycles. The van der Waals surface area contributed by atoms with E-state index in [1.54, 1.807) is 4.57 Å². The van der Waals surface area contributed by atoms with E-state index in [9.17, 15) is 13.2 Å². The van der Waals surface area contributed by atoms with Crippen LogP contribution in [-0.2, 0) is 16.7 Å². The number of hydrogen-bond acceptors (Lipinski definition) is 2. The summed E-state index contributed by atoms with van der Waals surface area (Å²) in [4.78, 5) is 4.21. The Balaban J connectivity index is 2.32. The molecule has 3 rings (SSSR count). The Bertz CT molecular complexity index is 742. The second kappa shape index (κ2) is 4.98. The van der Waals surface area contributed by atoms with Crippen molar-refractivity contribution in [2.45, 2.75) is 52.2 Å². The predicted octanol–water partition coefficient (Wildman–Crippen LogP) is 3.85. The van der Waals surface area contributed by atoms with Gasteiger partial charge in [-0.15, -0.1) is 0 Å². The number of imidazole rings is 1. The summed E-state index contributed by atoms with van der Waals surface area (Å²) >= 11 is 0. The molecule has 22 heavy (non-hydrogen) atoms. The van der Waals surface area contributed by atoms with Crippen LogP contribution in [0.1, 0.15) is 38.6 Å². The normalized spacial score (nSPS) is 18.8. The number of benzene rings is 1. The van der Waals surface area contributed by atoms with E-state index in [0.717, 1.165) is 6.42 Å². The van der Waals surface area contributed by atoms with Crippen molar-refractivity contribution >= 4 is 11.0 Å². The third kappa shape index (κ3) is 2.20. The van der Waals surface area contributed by atoms with Gasteiger partial charge in [-0.3, -0.25) is 0 Å². The Labute approximate surface area is 127 Å². The maximum atomic E-state index is 14.6. The third-order valence-corrected chi connectivity index (χ3v) is 4.08. The van der Waals surface area contributed by atoms with E-state index in [0.29, 0.717) is 19.0 Å². The molecule has 3 nitrogen and oxygen atoms in total. The van der Waals surface area contributed by atoms with Crippen LogP contribution in [0.15, 0.2) is 0 Å². The maximum Gasteiger partial charge on any atom is 0.187 e. The molecule has 0 N–H and O–H groups in total. The molecule has 0 saturated carbocycles. The van der Waals surface area contributed by atoms with Crippen molar-refractivity contribution in [3.05, 3.63) is 28.8 Å². The average molecular weight is 312 g/mol. The van der Waals surface area contributed by atoms with Crippen LogP contribution in [-0.4, -0.2) is 22.3 Å². The summed E-state index contributed by atoms with van der Waals surface area (Å²) in [7, 11) is 0. The van der Waals surface area contributed by atoms with Gasteiger partial charge in [0.1, 0.15) is 16.9 Å². The first-order chi connectivity index (χ1) is 10.2. The smallest absolute Gasteiger partial charge is 0.187 e. The molecule has 2 heterocycles. The maximum absolute atomic E-state index is 14.6. The van der Waals surface area contributed by atoms with Gasteiger partial charge in [0.05, 0.1) is 12.6 Å². The quantitative estimate of drug-likeness (QED) is 0.788. The predicted molar refractivity (Wildman–Crippen MR) is 77.4 cm³/mol. The Morgan fingerprint density at radius 2 is 1.82 bits per heavy atom. The Hall–Kier alpha value is -1.56. The summed E-state index contributed by atoms with van der Waals surface area (Å²) in [6.45, 7) is 8.03. The van der Waals surface area contributed by atoms with Crippen molar-refractivity contribution in [3.63, 3.8) is 0 Å². The monoisotopic (exact) mass is 312 g/mol. The molecule has 0 radical (unpaired) electrons. The number of halogens is 3. The summed E-state index contributed by atoms with van der Waals surface area (Å²) in [5, 5.41) is 0. The van der Waals surface area contributed by atoms with Gasteiger partial charge in [0, 0.05) is 17.6 Å². The van der Waals surface area contributed by atoms with Gasteiger partial charge < -0.3 is 9.30 Å². The minimum absolute atomic E-state index is 0.0248. The number of rotatable bonds is 2. The molecule has 1 saturated heterocycles. The molecule has 0 spiro atoms. The van der Waals surface area contributed by atoms with Crippen molar-refractivity contribution in [2.24, 2.45) is 0 Å². The van der Waals surface area contributed by atoms with E-state index in [1.165, 1.54) is 6.92 Å². The highest BCUT2D eigenvalue weighted by molar-refractivity contribution is 5.79. The number of fused-ring (bicyclic) bond motifs is 1. The lowest BCUT2D eigenvalue weighted by Crippen LogP contribution is -2.33. The molecule has 0 amide bonds. The molecule has 120 valence electrons. The highest BCUT2D eigenvalue weighted by Gasteiger charge is 2.31. The standard InChI is InChI=1S/C16H19F3N2O/c1-8-10(17)12(19)13-14(11(8)18)21(7-9-5-6-22-9)15(20-13)16(2,3)4/h9H,5-7H2,1-4H3/t9-/m0/s1. The molecule has 1 aromatic heterocycles. The lowest BCUT2D eigenvalue weighted by molar-refractivity contribution is -0.0593. The van der Waals surface area contributed by atoms with Crippen LogP contribution in [0.4, 0.5) is 13.2 Å². The van der Waals surface area contributed by atoms with Gasteiger partial charge in [-0.1, -0.05) is 20.8 Å². The zero-order chi connectivity index (χ0) is 16.2. The first-order valence-electron chi connectivity index (χ1n) is 7.37. The SMILES string of the molecule is Cc1c(F)c(F)c2nc(C(C)(C)C)n(C[C@@H]3CCO3)c2c1F. The van der Waals surface area contributed by atoms with Crippen molar-refractivity contribution in [1.82, 2.24) is 9.55 Å². The zero-order valence-corrected chi connectivity index (χ0v) is 13.1. The highest BCUT2D eigenvalue weighted by atomic mass is 19.2. The van der Waals surface area contributed by atoms with E-state index in [-0.39, 0.29) is 22.7 Å². The second-order valence-electron chi connectivity index (χ2n) is 6.84. The van der Waals surface area contributed by atoms with Crippen molar-refractivity contribution < 1.29 is 17.9 Å². The molecular formula is C16H19F3N2O. The summed E-state index contributed by atoms with van der Waals surface area (Å²) in [6, 6.07) is 0. The fourth-order valence-electron chi connectivity index (χ4n) is 2.75. The zero-order valence-electron chi connectivity index (χ0n) is 13.1. The van der Waals surface area contributed by atoms with Gasteiger partial charge in [0.25, 0.3) is 0 Å². The van der Waals surface area contributed by atoms with Crippen molar-refractivity contribution in [1.29, 1.82) is 0 Å². The number of nitrogens with zero attached hydrogens (tertiary/aromatic N) is 2. The lowest BCUT2D eigenvalue weighted by atomic mass is 9.95. The van der Waals surface area contributed by atoms with Crippen LogP contribution in [0.25, 0.3) is 11.0 Å². The number of ether oxygens (including phenoxy) is 1. The molecule has 1 fully saturated rings. The van der Waals surface area contributed by atoms with Crippen molar-refractivity contribution in [3.8, 4) is 0 Å². The van der Waals surface area contributed by atoms with Gasteiger partial charge in [-0.05, 0) is 13.3 Å². The van der Waals surface area contributed by atoms with E-state index in [4.69, 9.17) is 4.74 Å². The number of aromatic nitrogens is 2. The van der Waals surface area contributed by atoms with E-state index in [1.807, 2.05) is 20.8 Å². The fraction of sp³-hybridized carbons (Fsp3) is 0.562. The molecule has 0 bridgehead atoms. The number of hydrogen-bond donors (Lipinski definition) is 0. The van der Waals surface area contributed by atoms with Crippen LogP contribution in [0.2, 0.25) is 0 Å². The highest BCUT2D eigenvalue weighted by Crippen LogP contribution is 2.33. The topological polar surface area (TPSA) is 27.1 Å². The molecular weight excluding hydrogens is 293 g/mol. The Morgan fingerprint density at radius 3 is 2.32 bits per heavy atom. The molecule has 2 aromatic rings. The van der Waals surface area contributed by atoms with Crippen LogP contribution in [0, 0.1) is 24.4 Å². The van der Waals surface area contributed by atoms with Crippen LogP contribution in [0.5, 0.6) is 0 Å². The summed E-state index contributed by atoms with van der Waals surface area (Å²) in [6.07, 6.45) is 0.833. The summed E-state index contributed by atoms with van der Waals surface area (Å²) < 4.78 is 49.6.